The van der Waals surface area contributed by atoms with E-state index in [1.165, 1.54) is 26.3 Å². The normalized spacial score (nSPS) is 11.8. The second-order valence-corrected chi connectivity index (χ2v) is 5.39. The van der Waals surface area contributed by atoms with Gasteiger partial charge in [-0.25, -0.2) is 13.2 Å². The van der Waals surface area contributed by atoms with E-state index >= 15 is 0 Å². The number of benzene rings is 1. The quantitative estimate of drug-likeness (QED) is 0.838. The summed E-state index contributed by atoms with van der Waals surface area (Å²) in [7, 11) is -1.49. The second kappa shape index (κ2) is 5.01. The first-order chi connectivity index (χ1) is 7.80. The number of carboxylic acid groups (broad SMARTS) is 1. The molecule has 0 unspecified atom stereocenters. The molecule has 0 saturated carbocycles. The van der Waals surface area contributed by atoms with Gasteiger partial charge in [0.1, 0.15) is 0 Å². The molecule has 8 heteroatoms. The van der Waals surface area contributed by atoms with Crippen molar-refractivity contribution in [1.82, 2.24) is 4.47 Å². The molecule has 1 N–H and O–H groups in total. The van der Waals surface area contributed by atoms with Gasteiger partial charge in [0.25, 0.3) is 10.0 Å². The molecule has 1 aromatic rings. The van der Waals surface area contributed by atoms with Crippen molar-refractivity contribution in [2.24, 2.45) is 0 Å². The van der Waals surface area contributed by atoms with Crippen LogP contribution in [0.5, 0.6) is 0 Å². The monoisotopic (exact) mass is 279 g/mol. The Morgan fingerprint density at radius 1 is 1.47 bits per heavy atom. The highest BCUT2D eigenvalue weighted by molar-refractivity contribution is 7.89. The van der Waals surface area contributed by atoms with Gasteiger partial charge in [-0.2, -0.15) is 0 Å². The van der Waals surface area contributed by atoms with Gasteiger partial charge in [0.05, 0.1) is 22.6 Å². The number of rotatable bonds is 4. The minimum atomic E-state index is -3.87. The predicted octanol–water partition coefficient (Wildman–Crippen LogP) is 1.22. The Labute approximate surface area is 103 Å². The molecule has 0 amide bonds. The number of hydroxylamine groups is 1. The van der Waals surface area contributed by atoms with Crippen molar-refractivity contribution in [3.8, 4) is 0 Å². The number of carbonyl (C=O) groups is 1. The third-order valence-electron chi connectivity index (χ3n) is 2.06. The zero-order chi connectivity index (χ0) is 13.2. The average molecular weight is 280 g/mol. The van der Waals surface area contributed by atoms with Gasteiger partial charge in [0.2, 0.25) is 0 Å². The fourth-order valence-electron chi connectivity index (χ4n) is 1.08. The molecular formula is C9H10ClNO5S. The van der Waals surface area contributed by atoms with E-state index in [0.717, 1.165) is 6.07 Å². The summed E-state index contributed by atoms with van der Waals surface area (Å²) in [5.41, 5.74) is -0.280. The minimum Gasteiger partial charge on any atom is -0.478 e. The molecule has 0 aromatic heterocycles. The van der Waals surface area contributed by atoms with Gasteiger partial charge < -0.3 is 5.11 Å². The van der Waals surface area contributed by atoms with Crippen LogP contribution in [-0.2, 0) is 14.9 Å². The smallest absolute Gasteiger partial charge is 0.337 e. The van der Waals surface area contributed by atoms with Gasteiger partial charge in [-0.15, -0.1) is 0 Å². The zero-order valence-electron chi connectivity index (χ0n) is 9.05. The summed E-state index contributed by atoms with van der Waals surface area (Å²) >= 11 is 5.63. The Bertz CT molecular complexity index is 542. The van der Waals surface area contributed by atoms with Crippen molar-refractivity contribution < 1.29 is 23.2 Å². The summed E-state index contributed by atoms with van der Waals surface area (Å²) in [4.78, 5) is 15.2. The summed E-state index contributed by atoms with van der Waals surface area (Å²) in [6, 6.07) is 3.40. The van der Waals surface area contributed by atoms with Gasteiger partial charge in [0, 0.05) is 7.05 Å². The van der Waals surface area contributed by atoms with Crippen molar-refractivity contribution in [2.75, 3.05) is 14.2 Å². The first-order valence-corrected chi connectivity index (χ1v) is 6.18. The molecule has 0 atom stereocenters. The van der Waals surface area contributed by atoms with Crippen LogP contribution < -0.4 is 0 Å². The van der Waals surface area contributed by atoms with E-state index < -0.39 is 16.0 Å². The number of hydrogen-bond acceptors (Lipinski definition) is 4. The molecular weight excluding hydrogens is 270 g/mol. The summed E-state index contributed by atoms with van der Waals surface area (Å²) in [6.45, 7) is 0. The molecule has 17 heavy (non-hydrogen) atoms. The lowest BCUT2D eigenvalue weighted by Crippen LogP contribution is -2.25. The lowest BCUT2D eigenvalue weighted by atomic mass is 10.2. The zero-order valence-corrected chi connectivity index (χ0v) is 10.6. The van der Waals surface area contributed by atoms with Gasteiger partial charge in [-0.05, 0) is 18.2 Å². The van der Waals surface area contributed by atoms with Crippen LogP contribution in [0.3, 0.4) is 0 Å². The molecule has 0 saturated heterocycles. The summed E-state index contributed by atoms with van der Waals surface area (Å²) in [6.07, 6.45) is 0. The Balaban J connectivity index is 3.35. The standard InChI is InChI=1S/C9H10ClNO5S/c1-11(16-2)17(14,15)6-3-4-8(10)7(5-6)9(12)13/h3-5H,1-2H3,(H,12,13). The lowest BCUT2D eigenvalue weighted by molar-refractivity contribution is -0.0258. The molecule has 0 aliphatic rings. The third-order valence-corrected chi connectivity index (χ3v) is 4.07. The molecule has 6 nitrogen and oxygen atoms in total. The molecule has 1 aromatic carbocycles. The molecule has 0 aliphatic heterocycles. The molecule has 0 radical (unpaired) electrons. The summed E-state index contributed by atoms with van der Waals surface area (Å²) < 4.78 is 24.3. The Morgan fingerprint density at radius 2 is 2.06 bits per heavy atom. The number of halogens is 1. The van der Waals surface area contributed by atoms with Crippen molar-refractivity contribution in [3.05, 3.63) is 28.8 Å². The first kappa shape index (κ1) is 13.9. The highest BCUT2D eigenvalue weighted by Crippen LogP contribution is 2.22. The van der Waals surface area contributed by atoms with E-state index in [9.17, 15) is 13.2 Å². The van der Waals surface area contributed by atoms with E-state index in [1.54, 1.807) is 0 Å². The maximum absolute atomic E-state index is 11.8. The summed E-state index contributed by atoms with van der Waals surface area (Å²) in [5, 5.41) is 8.80. The lowest BCUT2D eigenvalue weighted by Gasteiger charge is -2.14. The average Bonchev–Trinajstić information content (AvgIpc) is 2.27. The number of sulfonamides is 1. The Hall–Kier alpha value is -1.15. The largest absolute Gasteiger partial charge is 0.478 e. The van der Waals surface area contributed by atoms with Crippen LogP contribution in [0.15, 0.2) is 23.1 Å². The Morgan fingerprint density at radius 3 is 2.53 bits per heavy atom. The molecule has 0 heterocycles. The highest BCUT2D eigenvalue weighted by Gasteiger charge is 2.23. The van der Waals surface area contributed by atoms with Crippen molar-refractivity contribution in [3.63, 3.8) is 0 Å². The first-order valence-electron chi connectivity index (χ1n) is 4.36. The maximum atomic E-state index is 11.8. The predicted molar refractivity (Wildman–Crippen MR) is 60.4 cm³/mol. The fraction of sp³-hybridized carbons (Fsp3) is 0.222. The number of carboxylic acids is 1. The number of nitrogens with zero attached hydrogens (tertiary/aromatic N) is 1. The number of aromatic carboxylic acids is 1. The van der Waals surface area contributed by atoms with Gasteiger partial charge in [-0.3, -0.25) is 4.84 Å². The fourth-order valence-corrected chi connectivity index (χ4v) is 2.27. The number of hydrogen-bond donors (Lipinski definition) is 1. The van der Waals surface area contributed by atoms with E-state index in [4.69, 9.17) is 16.7 Å². The van der Waals surface area contributed by atoms with Crippen LogP contribution >= 0.6 is 11.6 Å². The molecule has 0 spiro atoms. The van der Waals surface area contributed by atoms with Crippen LogP contribution in [0.2, 0.25) is 5.02 Å². The molecule has 94 valence electrons. The highest BCUT2D eigenvalue weighted by atomic mass is 35.5. The molecule has 0 bridgehead atoms. The van der Waals surface area contributed by atoms with Crippen LogP contribution in [0.25, 0.3) is 0 Å². The Kier molecular flexibility index (Phi) is 4.10. The van der Waals surface area contributed by atoms with E-state index in [-0.39, 0.29) is 15.5 Å². The van der Waals surface area contributed by atoms with Crippen molar-refractivity contribution >= 4 is 27.6 Å². The van der Waals surface area contributed by atoms with E-state index in [0.29, 0.717) is 4.47 Å². The van der Waals surface area contributed by atoms with Crippen molar-refractivity contribution in [2.45, 2.75) is 4.90 Å². The molecule has 0 fully saturated rings. The SMILES string of the molecule is CON(C)S(=O)(=O)c1ccc(Cl)c(C(=O)O)c1. The van der Waals surface area contributed by atoms with Gasteiger partial charge >= 0.3 is 5.97 Å². The van der Waals surface area contributed by atoms with Crippen molar-refractivity contribution in [1.29, 1.82) is 0 Å². The minimum absolute atomic E-state index is 0.0310. The molecule has 0 aliphatic carbocycles. The van der Waals surface area contributed by atoms with Crippen LogP contribution in [0.4, 0.5) is 0 Å². The maximum Gasteiger partial charge on any atom is 0.337 e. The summed E-state index contributed by atoms with van der Waals surface area (Å²) in [5.74, 6) is -1.30. The van der Waals surface area contributed by atoms with Crippen LogP contribution in [0, 0.1) is 0 Å². The van der Waals surface area contributed by atoms with Crippen LogP contribution in [-0.4, -0.2) is 38.1 Å². The second-order valence-electron chi connectivity index (χ2n) is 3.04. The molecule has 1 rings (SSSR count). The third kappa shape index (κ3) is 2.75. The van der Waals surface area contributed by atoms with E-state index in [2.05, 4.69) is 4.84 Å². The topological polar surface area (TPSA) is 83.9 Å². The van der Waals surface area contributed by atoms with Gasteiger partial charge in [0.15, 0.2) is 0 Å². The van der Waals surface area contributed by atoms with Crippen LogP contribution in [0.1, 0.15) is 10.4 Å². The van der Waals surface area contributed by atoms with E-state index in [1.807, 2.05) is 0 Å². The van der Waals surface area contributed by atoms with Gasteiger partial charge in [-0.1, -0.05) is 16.1 Å².